The average molecular weight is 424 g/mol. The molecule has 2 heterocycles. The predicted octanol–water partition coefficient (Wildman–Crippen LogP) is 3.24. The summed E-state index contributed by atoms with van der Waals surface area (Å²) >= 11 is 6.93. The highest BCUT2D eigenvalue weighted by atomic mass is 32.1. The van der Waals surface area contributed by atoms with Crippen molar-refractivity contribution in [2.24, 2.45) is 5.92 Å². The van der Waals surface area contributed by atoms with Crippen LogP contribution in [0.15, 0.2) is 60.7 Å². The van der Waals surface area contributed by atoms with E-state index >= 15 is 0 Å². The first-order valence-corrected chi connectivity index (χ1v) is 10.1. The van der Waals surface area contributed by atoms with E-state index in [0.29, 0.717) is 16.5 Å². The van der Waals surface area contributed by atoms with Crippen LogP contribution in [-0.4, -0.2) is 33.7 Å². The molecule has 2 aromatic carbocycles. The molecule has 4 rings (SSSR count). The van der Waals surface area contributed by atoms with E-state index in [-0.39, 0.29) is 23.5 Å². The Labute approximate surface area is 177 Å². The fourth-order valence-corrected chi connectivity index (χ4v) is 4.06. The first-order valence-electron chi connectivity index (χ1n) is 8.92. The Balaban J connectivity index is 1.70. The highest BCUT2D eigenvalue weighted by Crippen LogP contribution is 2.29. The number of carbonyl (C=O) groups is 2. The summed E-state index contributed by atoms with van der Waals surface area (Å²) in [5.74, 6) is -1.69. The maximum Gasteiger partial charge on any atom is 0.247 e. The highest BCUT2D eigenvalue weighted by Gasteiger charge is 2.44. The van der Waals surface area contributed by atoms with Gasteiger partial charge in [0.05, 0.1) is 11.4 Å². The molecule has 1 aliphatic rings. The Morgan fingerprint density at radius 2 is 1.45 bits per heavy atom. The average Bonchev–Trinajstić information content (AvgIpc) is 3.14. The Kier molecular flexibility index (Phi) is 5.32. The molecule has 0 aliphatic carbocycles. The van der Waals surface area contributed by atoms with Gasteiger partial charge in [0.15, 0.2) is 5.11 Å². The lowest BCUT2D eigenvalue weighted by atomic mass is 10.0. The highest BCUT2D eigenvalue weighted by molar-refractivity contribution is 7.81. The number of rotatable bonds is 5. The molecule has 0 spiro atoms. The van der Waals surface area contributed by atoms with E-state index in [0.717, 1.165) is 5.01 Å². The summed E-state index contributed by atoms with van der Waals surface area (Å²) in [4.78, 5) is 29.4. The first kappa shape index (κ1) is 19.2. The second kappa shape index (κ2) is 8.06. The number of benzene rings is 2. The van der Waals surface area contributed by atoms with Gasteiger partial charge in [-0.2, -0.15) is 0 Å². The maximum atomic E-state index is 13.3. The minimum Gasteiger partial charge on any atom is -0.359 e. The minimum atomic E-state index is -0.952. The molecule has 0 unspecified atom stereocenters. The molecule has 0 radical (unpaired) electrons. The number of hydrogen-bond acceptors (Lipinski definition) is 7. The van der Waals surface area contributed by atoms with Gasteiger partial charge < -0.3 is 5.32 Å². The lowest BCUT2D eigenvalue weighted by Crippen LogP contribution is -2.61. The fourth-order valence-electron chi connectivity index (χ4n) is 3.07. The molecule has 0 bridgehead atoms. The third-order valence-electron chi connectivity index (χ3n) is 4.43. The molecule has 0 saturated carbocycles. The number of anilines is 3. The maximum absolute atomic E-state index is 13.3. The number of hydrogen-bond donors (Lipinski definition) is 1. The van der Waals surface area contributed by atoms with Crippen molar-refractivity contribution in [2.45, 2.75) is 6.92 Å². The van der Waals surface area contributed by atoms with Crippen molar-refractivity contribution in [3.05, 3.63) is 65.7 Å². The van der Waals surface area contributed by atoms with E-state index in [4.69, 9.17) is 12.2 Å². The zero-order chi connectivity index (χ0) is 20.4. The normalized spacial score (nSPS) is 15.1. The van der Waals surface area contributed by atoms with Crippen LogP contribution in [0.3, 0.4) is 0 Å². The van der Waals surface area contributed by atoms with Crippen LogP contribution in [0.1, 0.15) is 5.01 Å². The van der Waals surface area contributed by atoms with Gasteiger partial charge in [-0.15, -0.1) is 10.2 Å². The first-order chi connectivity index (χ1) is 14.1. The molecule has 3 aromatic rings. The summed E-state index contributed by atoms with van der Waals surface area (Å²) in [7, 11) is 0. The zero-order valence-corrected chi connectivity index (χ0v) is 17.1. The molecular formula is C20H17N5O2S2. The zero-order valence-electron chi connectivity index (χ0n) is 15.5. The molecule has 29 heavy (non-hydrogen) atoms. The topological polar surface area (TPSA) is 78.4 Å². The van der Waals surface area contributed by atoms with Gasteiger partial charge in [0.1, 0.15) is 10.9 Å². The van der Waals surface area contributed by atoms with E-state index in [1.54, 1.807) is 24.3 Å². The molecule has 1 aromatic heterocycles. The number of nitrogens with zero attached hydrogens (tertiary/aromatic N) is 4. The lowest BCUT2D eigenvalue weighted by molar-refractivity contribution is -0.131. The standard InChI is InChI=1S/C20H17N5O2S2/c1-13-22-23-19(29-13)21-12-16-17(26)24(14-8-4-2-5-9-14)20(28)25(18(16)27)15-10-6-3-7-11-15/h2-11,16H,12H2,1H3,(H,21,23). The van der Waals surface area contributed by atoms with Crippen LogP contribution in [0, 0.1) is 12.8 Å². The summed E-state index contributed by atoms with van der Waals surface area (Å²) in [6, 6.07) is 18.2. The fraction of sp³-hybridized carbons (Fsp3) is 0.150. The third-order valence-corrected chi connectivity index (χ3v) is 5.59. The van der Waals surface area contributed by atoms with Crippen molar-refractivity contribution in [2.75, 3.05) is 21.7 Å². The van der Waals surface area contributed by atoms with Crippen molar-refractivity contribution in [1.29, 1.82) is 0 Å². The summed E-state index contributed by atoms with van der Waals surface area (Å²) in [6.07, 6.45) is 0. The largest absolute Gasteiger partial charge is 0.359 e. The third kappa shape index (κ3) is 3.74. The molecule has 1 N–H and O–H groups in total. The Bertz CT molecular complexity index is 994. The van der Waals surface area contributed by atoms with E-state index in [1.165, 1.54) is 21.1 Å². The molecule has 1 aliphatic heterocycles. The van der Waals surface area contributed by atoms with Crippen LogP contribution in [0.2, 0.25) is 0 Å². The molecule has 146 valence electrons. The number of aryl methyl sites for hydroxylation is 1. The summed E-state index contributed by atoms with van der Waals surface area (Å²) in [5.41, 5.74) is 1.24. The summed E-state index contributed by atoms with van der Waals surface area (Å²) < 4.78 is 0. The Hall–Kier alpha value is -3.17. The lowest BCUT2D eigenvalue weighted by Gasteiger charge is -2.39. The SMILES string of the molecule is Cc1nnc(NCC2C(=O)N(c3ccccc3)C(=S)N(c3ccccc3)C2=O)s1. The Morgan fingerprint density at radius 3 is 1.90 bits per heavy atom. The number of aromatic nitrogens is 2. The number of thiocarbonyl (C=S) groups is 1. The molecule has 2 amide bonds. The summed E-state index contributed by atoms with van der Waals surface area (Å²) in [5, 5.41) is 12.5. The van der Waals surface area contributed by atoms with Crippen LogP contribution in [0.25, 0.3) is 0 Å². The number of amides is 2. The van der Waals surface area contributed by atoms with Crippen LogP contribution >= 0.6 is 23.6 Å². The van der Waals surface area contributed by atoms with Gasteiger partial charge >= 0.3 is 0 Å². The molecule has 7 nitrogen and oxygen atoms in total. The van der Waals surface area contributed by atoms with Crippen LogP contribution < -0.4 is 15.1 Å². The molecule has 9 heteroatoms. The van der Waals surface area contributed by atoms with E-state index in [9.17, 15) is 9.59 Å². The van der Waals surface area contributed by atoms with E-state index < -0.39 is 5.92 Å². The van der Waals surface area contributed by atoms with E-state index in [2.05, 4.69) is 15.5 Å². The van der Waals surface area contributed by atoms with Crippen molar-refractivity contribution in [3.63, 3.8) is 0 Å². The molecule has 1 saturated heterocycles. The summed E-state index contributed by atoms with van der Waals surface area (Å²) in [6.45, 7) is 1.94. The monoisotopic (exact) mass is 423 g/mol. The number of nitrogens with one attached hydrogen (secondary N) is 1. The number of para-hydroxylation sites is 2. The second-order valence-electron chi connectivity index (χ2n) is 6.36. The molecular weight excluding hydrogens is 406 g/mol. The minimum absolute atomic E-state index is 0.0988. The quantitative estimate of drug-likeness (QED) is 0.501. The predicted molar refractivity (Wildman–Crippen MR) is 117 cm³/mol. The van der Waals surface area contributed by atoms with Crippen LogP contribution in [0.5, 0.6) is 0 Å². The van der Waals surface area contributed by atoms with Gasteiger partial charge in [-0.3, -0.25) is 19.4 Å². The molecule has 0 atom stereocenters. The van der Waals surface area contributed by atoms with Gasteiger partial charge in [-0.05, 0) is 43.4 Å². The second-order valence-corrected chi connectivity index (χ2v) is 7.91. The van der Waals surface area contributed by atoms with Gasteiger partial charge in [0.25, 0.3) is 0 Å². The van der Waals surface area contributed by atoms with Gasteiger partial charge in [-0.25, -0.2) is 0 Å². The van der Waals surface area contributed by atoms with Crippen LogP contribution in [0.4, 0.5) is 16.5 Å². The van der Waals surface area contributed by atoms with Crippen molar-refractivity contribution in [3.8, 4) is 0 Å². The van der Waals surface area contributed by atoms with Gasteiger partial charge in [-0.1, -0.05) is 47.7 Å². The van der Waals surface area contributed by atoms with Crippen molar-refractivity contribution < 1.29 is 9.59 Å². The Morgan fingerprint density at radius 1 is 0.931 bits per heavy atom. The van der Waals surface area contributed by atoms with E-state index in [1.807, 2.05) is 43.3 Å². The number of carbonyl (C=O) groups excluding carboxylic acids is 2. The van der Waals surface area contributed by atoms with Crippen LogP contribution in [-0.2, 0) is 9.59 Å². The smallest absolute Gasteiger partial charge is 0.247 e. The molecule has 1 fully saturated rings. The van der Waals surface area contributed by atoms with Crippen molar-refractivity contribution in [1.82, 2.24) is 10.2 Å². The van der Waals surface area contributed by atoms with Crippen molar-refractivity contribution >= 4 is 57.0 Å². The van der Waals surface area contributed by atoms with Gasteiger partial charge in [0, 0.05) is 6.54 Å². The van der Waals surface area contributed by atoms with Gasteiger partial charge in [0.2, 0.25) is 16.9 Å².